The molecular formula is C33H32F3N5O2. The Morgan fingerprint density at radius 3 is 2.09 bits per heavy atom. The SMILES string of the molecule is O=C(Nc1ccc(NCc2ccc(CCC(=O)N3CCN(c4ccccc4)CC3)cc2)nc1)c1ccc(C(F)(F)F)cc1. The van der Waals surface area contributed by atoms with Crippen LogP contribution in [0.4, 0.5) is 30.4 Å². The van der Waals surface area contributed by atoms with Gasteiger partial charge >= 0.3 is 6.18 Å². The van der Waals surface area contributed by atoms with Gasteiger partial charge in [-0.3, -0.25) is 9.59 Å². The number of anilines is 3. The number of nitrogens with one attached hydrogen (secondary N) is 2. The van der Waals surface area contributed by atoms with Crippen molar-refractivity contribution in [1.82, 2.24) is 9.88 Å². The first-order valence-electron chi connectivity index (χ1n) is 14.1. The molecule has 0 bridgehead atoms. The quantitative estimate of drug-likeness (QED) is 0.242. The maximum Gasteiger partial charge on any atom is 0.416 e. The number of aryl methyl sites for hydroxylation is 1. The molecule has 4 aromatic rings. The number of halogens is 3. The second kappa shape index (κ2) is 13.4. The second-order valence-electron chi connectivity index (χ2n) is 10.3. The van der Waals surface area contributed by atoms with Crippen molar-refractivity contribution in [3.05, 3.63) is 119 Å². The molecule has 2 amide bonds. The molecule has 10 heteroatoms. The predicted octanol–water partition coefficient (Wildman–Crippen LogP) is 6.25. The van der Waals surface area contributed by atoms with Crippen LogP contribution in [0.2, 0.25) is 0 Å². The third-order valence-corrected chi connectivity index (χ3v) is 7.37. The minimum absolute atomic E-state index is 0.115. The number of carbonyl (C=O) groups is 2. The number of hydrogen-bond acceptors (Lipinski definition) is 5. The number of pyridine rings is 1. The maximum absolute atomic E-state index is 12.8. The lowest BCUT2D eigenvalue weighted by molar-refractivity contribution is -0.137. The monoisotopic (exact) mass is 587 g/mol. The van der Waals surface area contributed by atoms with Gasteiger partial charge in [0.25, 0.3) is 5.91 Å². The first-order valence-corrected chi connectivity index (χ1v) is 14.1. The normalized spacial score (nSPS) is 13.5. The van der Waals surface area contributed by atoms with E-state index in [1.807, 2.05) is 47.4 Å². The van der Waals surface area contributed by atoms with E-state index in [1.54, 1.807) is 12.1 Å². The highest BCUT2D eigenvalue weighted by molar-refractivity contribution is 6.04. The van der Waals surface area contributed by atoms with E-state index in [0.29, 0.717) is 30.9 Å². The highest BCUT2D eigenvalue weighted by Crippen LogP contribution is 2.29. The van der Waals surface area contributed by atoms with E-state index >= 15 is 0 Å². The first kappa shape index (κ1) is 29.6. The van der Waals surface area contributed by atoms with Crippen molar-refractivity contribution >= 4 is 29.0 Å². The minimum atomic E-state index is -4.45. The van der Waals surface area contributed by atoms with Crippen molar-refractivity contribution in [2.45, 2.75) is 25.6 Å². The number of piperazine rings is 1. The molecule has 0 radical (unpaired) electrons. The molecule has 1 aliphatic heterocycles. The van der Waals surface area contributed by atoms with Crippen molar-refractivity contribution in [2.75, 3.05) is 41.7 Å². The van der Waals surface area contributed by atoms with Crippen LogP contribution >= 0.6 is 0 Å². The summed E-state index contributed by atoms with van der Waals surface area (Å²) in [7, 11) is 0. The molecule has 43 heavy (non-hydrogen) atoms. The summed E-state index contributed by atoms with van der Waals surface area (Å²) in [5, 5.41) is 5.86. The molecule has 7 nitrogen and oxygen atoms in total. The van der Waals surface area contributed by atoms with Crippen LogP contribution in [0.1, 0.15) is 33.5 Å². The lowest BCUT2D eigenvalue weighted by Gasteiger charge is -2.36. The smallest absolute Gasteiger partial charge is 0.368 e. The predicted molar refractivity (Wildman–Crippen MR) is 161 cm³/mol. The fourth-order valence-electron chi connectivity index (χ4n) is 4.86. The Bertz CT molecular complexity index is 1500. The number of aromatic nitrogens is 1. The average molecular weight is 588 g/mol. The van der Waals surface area contributed by atoms with Crippen LogP contribution in [0.15, 0.2) is 97.2 Å². The summed E-state index contributed by atoms with van der Waals surface area (Å²) in [6.45, 7) is 3.69. The van der Waals surface area contributed by atoms with Crippen molar-refractivity contribution in [2.24, 2.45) is 0 Å². The van der Waals surface area contributed by atoms with Crippen molar-refractivity contribution in [1.29, 1.82) is 0 Å². The van der Waals surface area contributed by atoms with Gasteiger partial charge < -0.3 is 20.4 Å². The van der Waals surface area contributed by atoms with Crippen molar-refractivity contribution < 1.29 is 22.8 Å². The third-order valence-electron chi connectivity index (χ3n) is 7.37. The highest BCUT2D eigenvalue weighted by Gasteiger charge is 2.30. The Balaban J connectivity index is 1.03. The molecule has 1 fully saturated rings. The number of para-hydroxylation sites is 1. The van der Waals surface area contributed by atoms with Crippen LogP contribution in [-0.2, 0) is 23.9 Å². The summed E-state index contributed by atoms with van der Waals surface area (Å²) in [5.41, 5.74) is 3.08. The Kier molecular flexibility index (Phi) is 9.24. The summed E-state index contributed by atoms with van der Waals surface area (Å²) in [5.74, 6) is 0.266. The van der Waals surface area contributed by atoms with Gasteiger partial charge in [-0.2, -0.15) is 13.2 Å². The lowest BCUT2D eigenvalue weighted by Crippen LogP contribution is -2.48. The van der Waals surface area contributed by atoms with E-state index in [0.717, 1.165) is 61.6 Å². The van der Waals surface area contributed by atoms with Gasteiger partial charge in [-0.25, -0.2) is 4.98 Å². The van der Waals surface area contributed by atoms with E-state index in [-0.39, 0.29) is 11.5 Å². The average Bonchev–Trinajstić information content (AvgIpc) is 3.04. The minimum Gasteiger partial charge on any atom is -0.368 e. The number of rotatable bonds is 9. The van der Waals surface area contributed by atoms with Crippen molar-refractivity contribution in [3.63, 3.8) is 0 Å². The van der Waals surface area contributed by atoms with Crippen LogP contribution in [0.3, 0.4) is 0 Å². The Morgan fingerprint density at radius 2 is 1.47 bits per heavy atom. The standard InChI is InChI=1S/C33H32F3N5O2/c34-33(35,36)27-13-11-26(12-14-27)32(43)39-28-15-16-30(38-23-28)37-22-25-8-6-24(7-9-25)10-17-31(42)41-20-18-40(19-21-41)29-4-2-1-3-5-29/h1-9,11-16,23H,10,17-22H2,(H,37,38)(H,39,43). The zero-order chi connectivity index (χ0) is 30.2. The molecule has 0 aliphatic carbocycles. The number of amides is 2. The summed E-state index contributed by atoms with van der Waals surface area (Å²) in [4.78, 5) is 33.7. The molecule has 0 unspecified atom stereocenters. The fraction of sp³-hybridized carbons (Fsp3) is 0.242. The van der Waals surface area contributed by atoms with Gasteiger partial charge in [0.1, 0.15) is 5.82 Å². The van der Waals surface area contributed by atoms with Crippen LogP contribution in [0.25, 0.3) is 0 Å². The summed E-state index contributed by atoms with van der Waals surface area (Å²) in [6, 6.07) is 25.8. The Morgan fingerprint density at radius 1 is 0.791 bits per heavy atom. The van der Waals surface area contributed by atoms with E-state index in [9.17, 15) is 22.8 Å². The molecule has 0 atom stereocenters. The molecular weight excluding hydrogens is 555 g/mol. The number of benzene rings is 3. The molecule has 2 N–H and O–H groups in total. The first-order chi connectivity index (χ1) is 20.7. The zero-order valence-corrected chi connectivity index (χ0v) is 23.5. The Hall–Kier alpha value is -4.86. The van der Waals surface area contributed by atoms with E-state index in [2.05, 4.69) is 32.7 Å². The van der Waals surface area contributed by atoms with Gasteiger partial charge in [0.2, 0.25) is 5.91 Å². The molecule has 2 heterocycles. The summed E-state index contributed by atoms with van der Waals surface area (Å²) in [6.07, 6.45) is -1.81. The van der Waals surface area contributed by atoms with E-state index in [4.69, 9.17) is 0 Å². The zero-order valence-electron chi connectivity index (χ0n) is 23.5. The van der Waals surface area contributed by atoms with E-state index < -0.39 is 17.6 Å². The van der Waals surface area contributed by atoms with Crippen LogP contribution in [0.5, 0.6) is 0 Å². The topological polar surface area (TPSA) is 77.6 Å². The number of alkyl halides is 3. The lowest BCUT2D eigenvalue weighted by atomic mass is 10.1. The summed E-state index contributed by atoms with van der Waals surface area (Å²) < 4.78 is 38.2. The number of nitrogens with zero attached hydrogens (tertiary/aromatic N) is 3. The molecule has 5 rings (SSSR count). The number of carbonyl (C=O) groups excluding carboxylic acids is 2. The molecule has 0 saturated carbocycles. The molecule has 1 aliphatic rings. The van der Waals surface area contributed by atoms with Crippen LogP contribution < -0.4 is 15.5 Å². The van der Waals surface area contributed by atoms with Gasteiger partial charge in [-0.1, -0.05) is 42.5 Å². The fourth-order valence-corrected chi connectivity index (χ4v) is 4.86. The molecule has 1 saturated heterocycles. The third kappa shape index (κ3) is 8.12. The van der Waals surface area contributed by atoms with Crippen molar-refractivity contribution in [3.8, 4) is 0 Å². The van der Waals surface area contributed by atoms with Gasteiger partial charge in [0.15, 0.2) is 0 Å². The van der Waals surface area contributed by atoms with E-state index in [1.165, 1.54) is 11.9 Å². The Labute approximate surface area is 248 Å². The van der Waals surface area contributed by atoms with Gasteiger partial charge in [-0.15, -0.1) is 0 Å². The van der Waals surface area contributed by atoms with Crippen LogP contribution in [-0.4, -0.2) is 47.9 Å². The van der Waals surface area contributed by atoms with Gasteiger partial charge in [-0.05, 0) is 66.1 Å². The summed E-state index contributed by atoms with van der Waals surface area (Å²) >= 11 is 0. The molecule has 3 aromatic carbocycles. The highest BCUT2D eigenvalue weighted by atomic mass is 19.4. The largest absolute Gasteiger partial charge is 0.416 e. The molecule has 222 valence electrons. The van der Waals surface area contributed by atoms with Crippen LogP contribution in [0, 0.1) is 0 Å². The van der Waals surface area contributed by atoms with Gasteiger partial charge in [0, 0.05) is 50.4 Å². The second-order valence-corrected chi connectivity index (χ2v) is 10.3. The number of hydrogen-bond donors (Lipinski definition) is 2. The maximum atomic E-state index is 12.8. The molecule has 0 spiro atoms. The van der Waals surface area contributed by atoms with Gasteiger partial charge in [0.05, 0.1) is 17.4 Å². The molecule has 1 aromatic heterocycles.